The van der Waals surface area contributed by atoms with Crippen LogP contribution in [0.2, 0.25) is 0 Å². The van der Waals surface area contributed by atoms with E-state index in [1.165, 1.54) is 19.9 Å². The monoisotopic (exact) mass is 252 g/mol. The van der Waals surface area contributed by atoms with Gasteiger partial charge in [-0.2, -0.15) is 0 Å². The number of hydrogen-bond acceptors (Lipinski definition) is 3. The van der Waals surface area contributed by atoms with E-state index in [0.717, 1.165) is 0 Å². The second-order valence-corrected chi connectivity index (χ2v) is 4.76. The molecule has 1 amide bonds. The Kier molecular flexibility index (Phi) is 3.90. The number of amides is 1. The molecule has 0 saturated heterocycles. The topological polar surface area (TPSA) is 99.3 Å². The van der Waals surface area contributed by atoms with Crippen LogP contribution in [-0.4, -0.2) is 28.5 Å². The Morgan fingerprint density at radius 2 is 2.00 bits per heavy atom. The molecule has 0 aliphatic heterocycles. The van der Waals surface area contributed by atoms with Crippen LogP contribution in [0.1, 0.15) is 29.9 Å². The largest absolute Gasteiger partial charge is 0.481 e. The molecule has 0 fully saturated rings. The number of aliphatic carboxylic acids is 1. The van der Waals surface area contributed by atoms with Gasteiger partial charge < -0.3 is 15.4 Å². The molecule has 1 rings (SSSR count). The minimum Gasteiger partial charge on any atom is -0.481 e. The number of hydrogen-bond donors (Lipinski definition) is 3. The molecule has 0 saturated carbocycles. The van der Waals surface area contributed by atoms with Crippen LogP contribution in [0.3, 0.4) is 0 Å². The van der Waals surface area contributed by atoms with E-state index in [2.05, 4.69) is 10.3 Å². The maximum absolute atomic E-state index is 11.7. The number of nitrogens with one attached hydrogen (secondary N) is 2. The molecular formula is C12H16N2O4. The van der Waals surface area contributed by atoms with Gasteiger partial charge in [-0.15, -0.1) is 0 Å². The van der Waals surface area contributed by atoms with Crippen LogP contribution in [0.5, 0.6) is 0 Å². The fraction of sp³-hybridized carbons (Fsp3) is 0.417. The zero-order valence-electron chi connectivity index (χ0n) is 10.5. The van der Waals surface area contributed by atoms with Crippen LogP contribution in [0.4, 0.5) is 0 Å². The van der Waals surface area contributed by atoms with Gasteiger partial charge in [0, 0.05) is 12.2 Å². The van der Waals surface area contributed by atoms with Gasteiger partial charge in [-0.05, 0) is 32.9 Å². The van der Waals surface area contributed by atoms with Crippen molar-refractivity contribution in [2.75, 3.05) is 6.54 Å². The van der Waals surface area contributed by atoms with E-state index in [9.17, 15) is 14.4 Å². The van der Waals surface area contributed by atoms with Crippen LogP contribution in [0.15, 0.2) is 16.9 Å². The molecule has 0 unspecified atom stereocenters. The number of aryl methyl sites for hydroxylation is 1. The Morgan fingerprint density at radius 1 is 1.39 bits per heavy atom. The van der Waals surface area contributed by atoms with Crippen molar-refractivity contribution in [3.63, 3.8) is 0 Å². The molecule has 0 bridgehead atoms. The molecule has 3 N–H and O–H groups in total. The van der Waals surface area contributed by atoms with E-state index < -0.39 is 22.9 Å². The third-order valence-electron chi connectivity index (χ3n) is 2.57. The van der Waals surface area contributed by atoms with Crippen molar-refractivity contribution in [3.8, 4) is 0 Å². The SMILES string of the molecule is Cc1ccc(C(=O)NCC(C)(C)C(=O)O)c(=O)[nH]1. The van der Waals surface area contributed by atoms with Crippen molar-refractivity contribution >= 4 is 11.9 Å². The van der Waals surface area contributed by atoms with Gasteiger partial charge in [-0.1, -0.05) is 0 Å². The lowest BCUT2D eigenvalue weighted by Crippen LogP contribution is -2.40. The van der Waals surface area contributed by atoms with E-state index in [1.54, 1.807) is 13.0 Å². The van der Waals surface area contributed by atoms with E-state index in [1.807, 2.05) is 0 Å². The van der Waals surface area contributed by atoms with E-state index >= 15 is 0 Å². The molecule has 0 aliphatic carbocycles. The minimum atomic E-state index is -1.08. The number of H-pyrrole nitrogens is 1. The van der Waals surface area contributed by atoms with Crippen LogP contribution in [-0.2, 0) is 4.79 Å². The first-order valence-electron chi connectivity index (χ1n) is 5.45. The Balaban J connectivity index is 2.78. The lowest BCUT2D eigenvalue weighted by atomic mass is 9.94. The van der Waals surface area contributed by atoms with Crippen molar-refractivity contribution in [3.05, 3.63) is 33.7 Å². The zero-order valence-corrected chi connectivity index (χ0v) is 10.5. The molecular weight excluding hydrogens is 236 g/mol. The summed E-state index contributed by atoms with van der Waals surface area (Å²) in [6.07, 6.45) is 0. The highest BCUT2D eigenvalue weighted by Gasteiger charge is 2.28. The highest BCUT2D eigenvalue weighted by Crippen LogP contribution is 2.13. The Bertz CT molecular complexity index is 531. The standard InChI is InChI=1S/C12H16N2O4/c1-7-4-5-8(10(16)14-7)9(15)13-6-12(2,3)11(17)18/h4-5H,6H2,1-3H3,(H,13,15)(H,14,16)(H,17,18). The van der Waals surface area contributed by atoms with Gasteiger partial charge >= 0.3 is 5.97 Å². The van der Waals surface area contributed by atoms with Gasteiger partial charge in [0.2, 0.25) is 0 Å². The fourth-order valence-corrected chi connectivity index (χ4v) is 1.22. The number of aromatic amines is 1. The van der Waals surface area contributed by atoms with Crippen molar-refractivity contribution in [1.82, 2.24) is 10.3 Å². The summed E-state index contributed by atoms with van der Waals surface area (Å²) < 4.78 is 0. The molecule has 1 aromatic rings. The quantitative estimate of drug-likeness (QED) is 0.727. The van der Waals surface area contributed by atoms with Gasteiger partial charge in [0.05, 0.1) is 5.41 Å². The maximum atomic E-state index is 11.7. The van der Waals surface area contributed by atoms with Crippen molar-refractivity contribution in [2.45, 2.75) is 20.8 Å². The molecule has 0 radical (unpaired) electrons. The summed E-state index contributed by atoms with van der Waals surface area (Å²) in [6.45, 7) is 4.65. The summed E-state index contributed by atoms with van der Waals surface area (Å²) in [4.78, 5) is 36.6. The predicted molar refractivity (Wildman–Crippen MR) is 65.5 cm³/mol. The van der Waals surface area contributed by atoms with Crippen molar-refractivity contribution in [1.29, 1.82) is 0 Å². The molecule has 6 heteroatoms. The first-order valence-corrected chi connectivity index (χ1v) is 5.45. The highest BCUT2D eigenvalue weighted by molar-refractivity contribution is 5.94. The first kappa shape index (κ1) is 14.0. The van der Waals surface area contributed by atoms with E-state index in [4.69, 9.17) is 5.11 Å². The number of carboxylic acid groups (broad SMARTS) is 1. The van der Waals surface area contributed by atoms with Gasteiger partial charge in [-0.3, -0.25) is 14.4 Å². The Hall–Kier alpha value is -2.11. The van der Waals surface area contributed by atoms with E-state index in [0.29, 0.717) is 5.69 Å². The second-order valence-electron chi connectivity index (χ2n) is 4.76. The molecule has 18 heavy (non-hydrogen) atoms. The number of carbonyl (C=O) groups is 2. The first-order chi connectivity index (χ1) is 8.24. The number of rotatable bonds is 4. The fourth-order valence-electron chi connectivity index (χ4n) is 1.22. The van der Waals surface area contributed by atoms with Gasteiger partial charge in [0.15, 0.2) is 0 Å². The second kappa shape index (κ2) is 5.03. The third kappa shape index (κ3) is 3.19. The molecule has 0 spiro atoms. The van der Waals surface area contributed by atoms with Gasteiger partial charge in [0.1, 0.15) is 5.56 Å². The van der Waals surface area contributed by atoms with Gasteiger partial charge in [0.25, 0.3) is 11.5 Å². The minimum absolute atomic E-state index is 0.0261. The lowest BCUT2D eigenvalue weighted by molar-refractivity contribution is -0.146. The molecule has 98 valence electrons. The Labute approximate surface area is 104 Å². The van der Waals surface area contributed by atoms with Gasteiger partial charge in [-0.25, -0.2) is 0 Å². The summed E-state index contributed by atoms with van der Waals surface area (Å²) in [5, 5.41) is 11.3. The normalized spacial score (nSPS) is 11.1. The van der Waals surface area contributed by atoms with Crippen LogP contribution in [0, 0.1) is 12.3 Å². The number of pyridine rings is 1. The molecule has 6 nitrogen and oxygen atoms in total. The highest BCUT2D eigenvalue weighted by atomic mass is 16.4. The molecule has 0 atom stereocenters. The van der Waals surface area contributed by atoms with Crippen molar-refractivity contribution in [2.24, 2.45) is 5.41 Å². The smallest absolute Gasteiger partial charge is 0.310 e. The third-order valence-corrected chi connectivity index (χ3v) is 2.57. The van der Waals surface area contributed by atoms with Crippen LogP contribution < -0.4 is 10.9 Å². The van der Waals surface area contributed by atoms with Crippen molar-refractivity contribution < 1.29 is 14.7 Å². The van der Waals surface area contributed by atoms with E-state index in [-0.39, 0.29) is 12.1 Å². The molecule has 0 aromatic carbocycles. The average Bonchev–Trinajstić information content (AvgIpc) is 2.25. The maximum Gasteiger partial charge on any atom is 0.310 e. The summed E-state index contributed by atoms with van der Waals surface area (Å²) in [6, 6.07) is 3.02. The predicted octanol–water partition coefficient (Wildman–Crippen LogP) is 0.524. The summed E-state index contributed by atoms with van der Waals surface area (Å²) in [7, 11) is 0. The number of carbonyl (C=O) groups excluding carboxylic acids is 1. The lowest BCUT2D eigenvalue weighted by Gasteiger charge is -2.19. The average molecular weight is 252 g/mol. The van der Waals surface area contributed by atoms with Crippen LogP contribution in [0.25, 0.3) is 0 Å². The summed E-state index contributed by atoms with van der Waals surface area (Å²) in [5.41, 5.74) is -0.933. The number of carboxylic acids is 1. The Morgan fingerprint density at radius 3 is 2.50 bits per heavy atom. The summed E-state index contributed by atoms with van der Waals surface area (Å²) >= 11 is 0. The zero-order chi connectivity index (χ0) is 13.9. The molecule has 1 aromatic heterocycles. The van der Waals surface area contributed by atoms with Crippen LogP contribution >= 0.6 is 0 Å². The molecule has 0 aliphatic rings. The number of aromatic nitrogens is 1. The summed E-state index contributed by atoms with van der Waals surface area (Å²) in [5.74, 6) is -1.59. The molecule has 1 heterocycles.